The van der Waals surface area contributed by atoms with E-state index < -0.39 is 41.1 Å². The minimum atomic E-state index is -4.14. The fourth-order valence-corrected chi connectivity index (χ4v) is 2.53. The van der Waals surface area contributed by atoms with E-state index in [9.17, 15) is 22.8 Å². The van der Waals surface area contributed by atoms with Gasteiger partial charge in [0.05, 0.1) is 26.6 Å². The van der Waals surface area contributed by atoms with Crippen molar-refractivity contribution >= 4 is 28.0 Å². The van der Waals surface area contributed by atoms with Gasteiger partial charge in [-0.15, -0.1) is 0 Å². The molecule has 10 nitrogen and oxygen atoms in total. The molecule has 0 rings (SSSR count). The minimum Gasteiger partial charge on any atom is -0.469 e. The first-order valence-corrected chi connectivity index (χ1v) is 6.85. The number of methoxy groups -OCH3 is 1. The summed E-state index contributed by atoms with van der Waals surface area (Å²) in [4.78, 5) is 32.7. The van der Waals surface area contributed by atoms with E-state index in [-0.39, 0.29) is 13.0 Å². The molecule has 0 spiro atoms. The molecular weight excluding hydrogens is 292 g/mol. The molecule has 116 valence electrons. The van der Waals surface area contributed by atoms with Crippen molar-refractivity contribution in [2.45, 2.75) is 6.42 Å². The average molecular weight is 310 g/mol. The summed E-state index contributed by atoms with van der Waals surface area (Å²) in [5.41, 5.74) is 9.84. The van der Waals surface area contributed by atoms with E-state index in [2.05, 4.69) is 4.74 Å². The highest BCUT2D eigenvalue weighted by molar-refractivity contribution is 7.86. The van der Waals surface area contributed by atoms with E-state index in [1.807, 2.05) is 0 Å². The highest BCUT2D eigenvalue weighted by atomic mass is 32.2. The minimum absolute atomic E-state index is 0.173. The van der Waals surface area contributed by atoms with Gasteiger partial charge in [-0.05, 0) is 0 Å². The second-order valence-corrected chi connectivity index (χ2v) is 5.89. The Kier molecular flexibility index (Phi) is 7.10. The van der Waals surface area contributed by atoms with E-state index >= 15 is 0 Å². The smallest absolute Gasteiger partial charge is 0.306 e. The Morgan fingerprint density at radius 1 is 1.10 bits per heavy atom. The number of carbonyl (C=O) groups is 3. The van der Waals surface area contributed by atoms with Gasteiger partial charge in [-0.2, -0.15) is 17.0 Å². The van der Waals surface area contributed by atoms with Crippen LogP contribution >= 0.6 is 0 Å². The van der Waals surface area contributed by atoms with E-state index in [4.69, 9.17) is 11.5 Å². The fourth-order valence-electron chi connectivity index (χ4n) is 1.23. The summed E-state index contributed by atoms with van der Waals surface area (Å²) in [6.07, 6.45) is -0.173. The molecule has 0 radical (unpaired) electrons. The van der Waals surface area contributed by atoms with Crippen LogP contribution in [0.3, 0.4) is 0 Å². The number of primary amides is 2. The van der Waals surface area contributed by atoms with Gasteiger partial charge < -0.3 is 16.2 Å². The summed E-state index contributed by atoms with van der Waals surface area (Å²) in [6.45, 7) is -1.55. The predicted octanol–water partition coefficient (Wildman–Crippen LogP) is -3.00. The van der Waals surface area contributed by atoms with E-state index in [0.717, 1.165) is 4.31 Å². The van der Waals surface area contributed by atoms with Crippen LogP contribution in [0.1, 0.15) is 6.42 Å². The maximum Gasteiger partial charge on any atom is 0.306 e. The number of nitrogens with two attached hydrogens (primary N) is 2. The average Bonchev–Trinajstić information content (AvgIpc) is 2.33. The number of rotatable bonds is 9. The Morgan fingerprint density at radius 3 is 1.90 bits per heavy atom. The molecule has 0 unspecified atom stereocenters. The molecule has 0 aliphatic heterocycles. The maximum absolute atomic E-state index is 12.1. The Morgan fingerprint density at radius 2 is 1.55 bits per heavy atom. The maximum atomic E-state index is 12.1. The van der Waals surface area contributed by atoms with E-state index in [1.165, 1.54) is 14.2 Å². The third-order valence-corrected chi connectivity index (χ3v) is 4.12. The molecule has 0 aromatic rings. The highest BCUT2D eigenvalue weighted by Gasteiger charge is 2.29. The second kappa shape index (κ2) is 7.77. The lowest BCUT2D eigenvalue weighted by atomic mass is 10.4. The Balaban J connectivity index is 4.95. The Labute approximate surface area is 116 Å². The van der Waals surface area contributed by atoms with Crippen LogP contribution in [-0.4, -0.2) is 68.6 Å². The number of esters is 1. The monoisotopic (exact) mass is 310 g/mol. The molecule has 0 saturated carbocycles. The molecule has 0 heterocycles. The lowest BCUT2D eigenvalue weighted by Gasteiger charge is -2.25. The molecule has 0 aliphatic carbocycles. The Hall–Kier alpha value is -1.72. The highest BCUT2D eigenvalue weighted by Crippen LogP contribution is 2.06. The van der Waals surface area contributed by atoms with Crippen molar-refractivity contribution in [1.29, 1.82) is 0 Å². The molecule has 0 bridgehead atoms. The first kappa shape index (κ1) is 18.3. The van der Waals surface area contributed by atoms with Gasteiger partial charge in [-0.3, -0.25) is 14.4 Å². The Bertz CT molecular complexity index is 461. The molecule has 0 fully saturated rings. The number of nitrogens with zero attached hydrogens (tertiary/aromatic N) is 2. The van der Waals surface area contributed by atoms with Crippen LogP contribution < -0.4 is 11.5 Å². The molecule has 2 amide bonds. The molecule has 0 atom stereocenters. The van der Waals surface area contributed by atoms with Crippen molar-refractivity contribution in [2.24, 2.45) is 11.5 Å². The molecule has 4 N–H and O–H groups in total. The molecule has 0 aromatic heterocycles. The number of ether oxygens (including phenoxy) is 1. The first-order chi connectivity index (χ1) is 9.11. The van der Waals surface area contributed by atoms with Gasteiger partial charge in [-0.1, -0.05) is 0 Å². The van der Waals surface area contributed by atoms with Crippen LogP contribution in [0.4, 0.5) is 0 Å². The topological polar surface area (TPSA) is 153 Å². The quantitative estimate of drug-likeness (QED) is 0.433. The van der Waals surface area contributed by atoms with Crippen molar-refractivity contribution in [3.63, 3.8) is 0 Å². The largest absolute Gasteiger partial charge is 0.469 e. The van der Waals surface area contributed by atoms with Crippen molar-refractivity contribution in [1.82, 2.24) is 8.61 Å². The van der Waals surface area contributed by atoms with Crippen LogP contribution in [0.5, 0.6) is 0 Å². The molecule has 0 aliphatic rings. The van der Waals surface area contributed by atoms with E-state index in [0.29, 0.717) is 4.31 Å². The van der Waals surface area contributed by atoms with Crippen molar-refractivity contribution in [2.75, 3.05) is 33.8 Å². The first-order valence-electron chi connectivity index (χ1n) is 5.46. The molecule has 20 heavy (non-hydrogen) atoms. The van der Waals surface area contributed by atoms with Gasteiger partial charge in [0.1, 0.15) is 0 Å². The second-order valence-electron chi connectivity index (χ2n) is 3.86. The van der Waals surface area contributed by atoms with Crippen molar-refractivity contribution in [3.8, 4) is 0 Å². The van der Waals surface area contributed by atoms with Gasteiger partial charge in [0.25, 0.3) is 10.2 Å². The van der Waals surface area contributed by atoms with Gasteiger partial charge in [-0.25, -0.2) is 0 Å². The van der Waals surface area contributed by atoms with Crippen LogP contribution in [0.2, 0.25) is 0 Å². The van der Waals surface area contributed by atoms with Crippen LogP contribution in [0.25, 0.3) is 0 Å². The van der Waals surface area contributed by atoms with Gasteiger partial charge in [0, 0.05) is 13.6 Å². The number of carbonyl (C=O) groups excluding carboxylic acids is 3. The molecule has 11 heteroatoms. The van der Waals surface area contributed by atoms with Crippen molar-refractivity contribution in [3.05, 3.63) is 0 Å². The summed E-state index contributed by atoms with van der Waals surface area (Å²) in [5.74, 6) is -2.46. The lowest BCUT2D eigenvalue weighted by molar-refractivity contribution is -0.140. The summed E-state index contributed by atoms with van der Waals surface area (Å²) in [6, 6.07) is 0. The standard InChI is InChI=1S/C9H18N4O6S/c1-12(4-3-9(16)19-2)20(17,18)13(5-7(10)14)6-8(11)15/h3-6H2,1-2H3,(H2,10,14)(H2,11,15). The zero-order valence-electron chi connectivity index (χ0n) is 11.2. The fraction of sp³-hybridized carbons (Fsp3) is 0.667. The number of hydrogen-bond donors (Lipinski definition) is 2. The summed E-state index contributed by atoms with van der Waals surface area (Å²) in [5, 5.41) is 0. The zero-order valence-corrected chi connectivity index (χ0v) is 12.1. The SMILES string of the molecule is COC(=O)CCN(C)S(=O)(=O)N(CC(N)=O)CC(N)=O. The van der Waals surface area contributed by atoms with E-state index in [1.54, 1.807) is 0 Å². The lowest BCUT2D eigenvalue weighted by Crippen LogP contribution is -2.49. The molecule has 0 aromatic carbocycles. The van der Waals surface area contributed by atoms with Gasteiger partial charge in [0.15, 0.2) is 0 Å². The van der Waals surface area contributed by atoms with Gasteiger partial charge >= 0.3 is 5.97 Å². The molecule has 0 saturated heterocycles. The van der Waals surface area contributed by atoms with Crippen LogP contribution in [0, 0.1) is 0 Å². The third-order valence-electron chi connectivity index (χ3n) is 2.24. The summed E-state index contributed by atoms with van der Waals surface area (Å²) < 4.78 is 29.9. The zero-order chi connectivity index (χ0) is 15.9. The predicted molar refractivity (Wildman–Crippen MR) is 68.1 cm³/mol. The normalized spacial score (nSPS) is 11.6. The summed E-state index contributed by atoms with van der Waals surface area (Å²) in [7, 11) is -1.78. The van der Waals surface area contributed by atoms with Crippen molar-refractivity contribution < 1.29 is 27.5 Å². The van der Waals surface area contributed by atoms with Crippen LogP contribution in [0.15, 0.2) is 0 Å². The third kappa shape index (κ3) is 5.95. The number of amides is 2. The molecular formula is C9H18N4O6S. The summed E-state index contributed by atoms with van der Waals surface area (Å²) >= 11 is 0. The van der Waals surface area contributed by atoms with Gasteiger partial charge in [0.2, 0.25) is 11.8 Å². The van der Waals surface area contributed by atoms with Crippen LogP contribution in [-0.2, 0) is 29.3 Å². The number of hydrogen-bond acceptors (Lipinski definition) is 6.